The largest absolute Gasteiger partial charge is 0.469 e. The Morgan fingerprint density at radius 2 is 2.22 bits per heavy atom. The lowest BCUT2D eigenvalue weighted by Crippen LogP contribution is -2.38. The molecule has 0 saturated carbocycles. The molecule has 0 aliphatic rings. The summed E-state index contributed by atoms with van der Waals surface area (Å²) >= 11 is 3.49. The van der Waals surface area contributed by atoms with Crippen molar-refractivity contribution >= 4 is 27.9 Å². The van der Waals surface area contributed by atoms with Gasteiger partial charge in [0.2, 0.25) is 0 Å². The average Bonchev–Trinajstić information content (AvgIpc) is 2.83. The van der Waals surface area contributed by atoms with Crippen LogP contribution in [0.2, 0.25) is 0 Å². The van der Waals surface area contributed by atoms with Gasteiger partial charge < -0.3 is 19.5 Å². The van der Waals surface area contributed by atoms with Crippen LogP contribution >= 0.6 is 15.9 Å². The average molecular weight is 387 g/mol. The summed E-state index contributed by atoms with van der Waals surface area (Å²) in [6, 6.07) is 2.11. The van der Waals surface area contributed by atoms with Crippen LogP contribution in [0.25, 0.3) is 0 Å². The molecule has 0 unspecified atom stereocenters. The number of hydrogen-bond donors (Lipinski definition) is 1. The zero-order valence-electron chi connectivity index (χ0n) is 14.4. The third-order valence-electron chi connectivity index (χ3n) is 3.45. The van der Waals surface area contributed by atoms with Gasteiger partial charge in [0.05, 0.1) is 13.7 Å². The standard InChI is InChI=1S/C16H27BrN4O2/c1-5-18-16(19-9-7-6-8-15(22)23-4)21(3)12-14-10-13(17)11-20(14)2/h10-11H,5-9,12H2,1-4H3,(H,18,19). The van der Waals surface area contributed by atoms with Crippen LogP contribution in [0, 0.1) is 0 Å². The van der Waals surface area contributed by atoms with Crippen LogP contribution in [0.5, 0.6) is 0 Å². The van der Waals surface area contributed by atoms with Crippen LogP contribution in [-0.2, 0) is 23.1 Å². The third-order valence-corrected chi connectivity index (χ3v) is 3.88. The SMILES string of the molecule is CCNC(=NCCCCC(=O)OC)N(C)Cc1cc(Br)cn1C. The lowest BCUT2D eigenvalue weighted by molar-refractivity contribution is -0.140. The monoisotopic (exact) mass is 386 g/mol. The lowest BCUT2D eigenvalue weighted by atomic mass is 10.2. The van der Waals surface area contributed by atoms with E-state index in [1.165, 1.54) is 12.8 Å². The molecule has 6 nitrogen and oxygen atoms in total. The topological polar surface area (TPSA) is 58.9 Å². The van der Waals surface area contributed by atoms with Crippen molar-refractivity contribution in [3.8, 4) is 0 Å². The highest BCUT2D eigenvalue weighted by atomic mass is 79.9. The number of hydrogen-bond acceptors (Lipinski definition) is 3. The summed E-state index contributed by atoms with van der Waals surface area (Å²) in [7, 11) is 5.47. The molecule has 0 aromatic carbocycles. The Bertz CT molecular complexity index is 528. The first-order valence-corrected chi connectivity index (χ1v) is 8.64. The molecule has 0 aliphatic heterocycles. The molecule has 0 amide bonds. The number of halogens is 1. The van der Waals surface area contributed by atoms with E-state index < -0.39 is 0 Å². The molecule has 0 bridgehead atoms. The van der Waals surface area contributed by atoms with Crippen molar-refractivity contribution in [3.05, 3.63) is 22.4 Å². The second-order valence-electron chi connectivity index (χ2n) is 5.39. The molecule has 0 saturated heterocycles. The molecule has 1 rings (SSSR count). The van der Waals surface area contributed by atoms with Gasteiger partial charge in [-0.25, -0.2) is 0 Å². The Hall–Kier alpha value is -1.50. The van der Waals surface area contributed by atoms with E-state index in [0.29, 0.717) is 13.0 Å². The van der Waals surface area contributed by atoms with Gasteiger partial charge >= 0.3 is 5.97 Å². The Labute approximate surface area is 147 Å². The molecule has 1 heterocycles. The number of nitrogens with zero attached hydrogens (tertiary/aromatic N) is 3. The molecule has 130 valence electrons. The second kappa shape index (κ2) is 10.3. The van der Waals surface area contributed by atoms with E-state index in [1.807, 2.05) is 20.3 Å². The number of aromatic nitrogens is 1. The fourth-order valence-corrected chi connectivity index (χ4v) is 2.75. The first kappa shape index (κ1) is 19.5. The van der Waals surface area contributed by atoms with Gasteiger partial charge in [-0.3, -0.25) is 9.79 Å². The van der Waals surface area contributed by atoms with Gasteiger partial charge in [-0.15, -0.1) is 0 Å². The van der Waals surface area contributed by atoms with E-state index in [-0.39, 0.29) is 5.97 Å². The zero-order valence-corrected chi connectivity index (χ0v) is 16.0. The predicted molar refractivity (Wildman–Crippen MR) is 96.4 cm³/mol. The van der Waals surface area contributed by atoms with Crippen LogP contribution in [-0.4, -0.2) is 48.6 Å². The van der Waals surface area contributed by atoms with Crippen LogP contribution in [0.4, 0.5) is 0 Å². The highest BCUT2D eigenvalue weighted by Gasteiger charge is 2.09. The molecule has 0 spiro atoms. The lowest BCUT2D eigenvalue weighted by Gasteiger charge is -2.22. The van der Waals surface area contributed by atoms with E-state index >= 15 is 0 Å². The number of rotatable bonds is 8. The molecular formula is C16H27BrN4O2. The maximum atomic E-state index is 11.1. The van der Waals surface area contributed by atoms with E-state index in [2.05, 4.69) is 53.4 Å². The number of guanidine groups is 1. The van der Waals surface area contributed by atoms with Crippen molar-refractivity contribution in [3.63, 3.8) is 0 Å². The summed E-state index contributed by atoms with van der Waals surface area (Å²) < 4.78 is 7.81. The summed E-state index contributed by atoms with van der Waals surface area (Å²) in [5.41, 5.74) is 1.20. The van der Waals surface area contributed by atoms with Gasteiger partial charge in [0.25, 0.3) is 0 Å². The van der Waals surface area contributed by atoms with Crippen molar-refractivity contribution in [2.45, 2.75) is 32.7 Å². The number of carbonyl (C=O) groups is 1. The molecule has 1 N–H and O–H groups in total. The van der Waals surface area contributed by atoms with Crippen molar-refractivity contribution in [2.24, 2.45) is 12.0 Å². The Morgan fingerprint density at radius 1 is 1.48 bits per heavy atom. The molecule has 0 fully saturated rings. The van der Waals surface area contributed by atoms with Gasteiger partial charge in [-0.1, -0.05) is 0 Å². The molecule has 7 heteroatoms. The molecule has 0 atom stereocenters. The smallest absolute Gasteiger partial charge is 0.305 e. The Kier molecular flexibility index (Phi) is 8.76. The Balaban J connectivity index is 2.53. The molecule has 1 aromatic heterocycles. The highest BCUT2D eigenvalue weighted by molar-refractivity contribution is 9.10. The highest BCUT2D eigenvalue weighted by Crippen LogP contribution is 2.15. The van der Waals surface area contributed by atoms with Crippen LogP contribution in [0.1, 0.15) is 31.9 Å². The van der Waals surface area contributed by atoms with Gasteiger partial charge in [0.1, 0.15) is 0 Å². The van der Waals surface area contributed by atoms with Crippen molar-refractivity contribution in [1.82, 2.24) is 14.8 Å². The molecule has 0 aliphatic carbocycles. The van der Waals surface area contributed by atoms with E-state index in [4.69, 9.17) is 0 Å². The quantitative estimate of drug-likeness (QED) is 0.322. The van der Waals surface area contributed by atoms with Crippen molar-refractivity contribution < 1.29 is 9.53 Å². The number of nitrogens with one attached hydrogen (secondary N) is 1. The minimum Gasteiger partial charge on any atom is -0.469 e. The van der Waals surface area contributed by atoms with Crippen LogP contribution < -0.4 is 5.32 Å². The molecule has 1 aromatic rings. The van der Waals surface area contributed by atoms with Crippen LogP contribution in [0.3, 0.4) is 0 Å². The minimum atomic E-state index is -0.160. The first-order chi connectivity index (χ1) is 11.0. The number of methoxy groups -OCH3 is 1. The second-order valence-corrected chi connectivity index (χ2v) is 6.30. The van der Waals surface area contributed by atoms with Gasteiger partial charge in [-0.2, -0.15) is 0 Å². The van der Waals surface area contributed by atoms with E-state index in [0.717, 1.165) is 36.4 Å². The summed E-state index contributed by atoms with van der Waals surface area (Å²) in [4.78, 5) is 17.8. The number of esters is 1. The maximum absolute atomic E-state index is 11.1. The summed E-state index contributed by atoms with van der Waals surface area (Å²) in [5, 5.41) is 3.30. The van der Waals surface area contributed by atoms with E-state index in [1.54, 1.807) is 0 Å². The van der Waals surface area contributed by atoms with Gasteiger partial charge in [0.15, 0.2) is 5.96 Å². The molecule has 0 radical (unpaired) electrons. The molecular weight excluding hydrogens is 360 g/mol. The van der Waals surface area contributed by atoms with Gasteiger partial charge in [0, 0.05) is 50.0 Å². The number of ether oxygens (including phenoxy) is 1. The van der Waals surface area contributed by atoms with Crippen molar-refractivity contribution in [1.29, 1.82) is 0 Å². The number of aryl methyl sites for hydroxylation is 1. The normalized spacial score (nSPS) is 11.4. The fourth-order valence-electron chi connectivity index (χ4n) is 2.18. The maximum Gasteiger partial charge on any atom is 0.305 e. The zero-order chi connectivity index (χ0) is 17.2. The first-order valence-electron chi connectivity index (χ1n) is 7.85. The fraction of sp³-hybridized carbons (Fsp3) is 0.625. The number of carbonyl (C=O) groups excluding carboxylic acids is 1. The van der Waals surface area contributed by atoms with Crippen molar-refractivity contribution in [2.75, 3.05) is 27.2 Å². The molecule has 23 heavy (non-hydrogen) atoms. The van der Waals surface area contributed by atoms with Gasteiger partial charge in [-0.05, 0) is 41.8 Å². The summed E-state index contributed by atoms with van der Waals surface area (Å²) in [6.45, 7) is 4.35. The Morgan fingerprint density at radius 3 is 2.78 bits per heavy atom. The third kappa shape index (κ3) is 7.07. The predicted octanol–water partition coefficient (Wildman–Crippen LogP) is 2.53. The van der Waals surface area contributed by atoms with E-state index in [9.17, 15) is 4.79 Å². The van der Waals surface area contributed by atoms with Crippen LogP contribution in [0.15, 0.2) is 21.7 Å². The summed E-state index contributed by atoms with van der Waals surface area (Å²) in [5.74, 6) is 0.718. The summed E-state index contributed by atoms with van der Waals surface area (Å²) in [6.07, 6.45) is 4.16. The number of unbranched alkanes of at least 4 members (excludes halogenated alkanes) is 1. The minimum absolute atomic E-state index is 0.160. The number of aliphatic imine (C=N–C) groups is 1.